The molecular weight excluding hydrogens is 366 g/mol. The van der Waals surface area contributed by atoms with Gasteiger partial charge >= 0.3 is 5.97 Å². The zero-order valence-corrected chi connectivity index (χ0v) is 14.7. The van der Waals surface area contributed by atoms with Crippen molar-refractivity contribution in [1.29, 1.82) is 0 Å². The number of para-hydroxylation sites is 2. The first-order valence-corrected chi connectivity index (χ1v) is 8.96. The van der Waals surface area contributed by atoms with Crippen molar-refractivity contribution in [3.63, 3.8) is 0 Å². The molecule has 3 aromatic rings. The summed E-state index contributed by atoms with van der Waals surface area (Å²) in [6.45, 7) is 0. The molecule has 0 atom stereocenters. The van der Waals surface area contributed by atoms with Gasteiger partial charge < -0.3 is 9.84 Å². The van der Waals surface area contributed by atoms with Crippen LogP contribution >= 0.6 is 11.8 Å². The summed E-state index contributed by atoms with van der Waals surface area (Å²) in [5.41, 5.74) is 1.20. The Morgan fingerprint density at radius 1 is 1.00 bits per heavy atom. The number of ether oxygens (including phenoxy) is 1. The Balaban J connectivity index is 1.78. The summed E-state index contributed by atoms with van der Waals surface area (Å²) >= 11 is 1.44. The van der Waals surface area contributed by atoms with Gasteiger partial charge in [-0.05, 0) is 24.3 Å². The molecule has 0 aliphatic carbocycles. The van der Waals surface area contributed by atoms with E-state index in [1.807, 2.05) is 48.5 Å². The molecule has 0 radical (unpaired) electrons. The summed E-state index contributed by atoms with van der Waals surface area (Å²) < 4.78 is 5.96. The molecule has 1 aliphatic heterocycles. The highest BCUT2D eigenvalue weighted by Gasteiger charge is 2.28. The largest absolute Gasteiger partial charge is 0.477 e. The van der Waals surface area contributed by atoms with Crippen LogP contribution in [-0.2, 0) is 0 Å². The molecule has 7 heteroatoms. The summed E-state index contributed by atoms with van der Waals surface area (Å²) in [5.74, 6) is 0.167. The first kappa shape index (κ1) is 17.1. The minimum Gasteiger partial charge on any atom is -0.477 e. The maximum absolute atomic E-state index is 11.4. The van der Waals surface area contributed by atoms with E-state index in [0.717, 1.165) is 22.6 Å². The smallest absolute Gasteiger partial charge is 0.342 e. The van der Waals surface area contributed by atoms with E-state index in [9.17, 15) is 20.0 Å². The number of carboxylic acid groups (broad SMARTS) is 1. The van der Waals surface area contributed by atoms with Crippen LogP contribution in [0.1, 0.15) is 26.7 Å². The lowest BCUT2D eigenvalue weighted by atomic mass is 10.00. The summed E-state index contributed by atoms with van der Waals surface area (Å²) in [6.07, 6.45) is 0. The number of benzene rings is 3. The summed E-state index contributed by atoms with van der Waals surface area (Å²) in [6, 6.07) is 19.5. The van der Waals surface area contributed by atoms with Gasteiger partial charge in [0.2, 0.25) is 0 Å². The van der Waals surface area contributed by atoms with E-state index in [4.69, 9.17) is 4.74 Å². The van der Waals surface area contributed by atoms with E-state index in [2.05, 4.69) is 0 Å². The topological polar surface area (TPSA) is 89.7 Å². The molecule has 1 aliphatic rings. The fraction of sp³-hybridized carbons (Fsp3) is 0.0500. The zero-order valence-electron chi connectivity index (χ0n) is 13.9. The average Bonchev–Trinajstić information content (AvgIpc) is 2.67. The molecule has 0 bridgehead atoms. The van der Waals surface area contributed by atoms with Crippen molar-refractivity contribution >= 4 is 23.4 Å². The van der Waals surface area contributed by atoms with Gasteiger partial charge in [0.1, 0.15) is 17.1 Å². The lowest BCUT2D eigenvalue weighted by Crippen LogP contribution is -2.08. The van der Waals surface area contributed by atoms with E-state index in [0.29, 0.717) is 4.90 Å². The van der Waals surface area contributed by atoms with Crippen LogP contribution in [-0.4, -0.2) is 16.0 Å². The summed E-state index contributed by atoms with van der Waals surface area (Å²) in [7, 11) is 0. The van der Waals surface area contributed by atoms with Gasteiger partial charge in [0, 0.05) is 22.1 Å². The van der Waals surface area contributed by atoms with Gasteiger partial charge in [-0.15, -0.1) is 11.8 Å². The minimum absolute atomic E-state index is 0.116. The molecule has 0 saturated heterocycles. The van der Waals surface area contributed by atoms with Crippen molar-refractivity contribution in [3.8, 4) is 11.5 Å². The molecule has 0 fully saturated rings. The summed E-state index contributed by atoms with van der Waals surface area (Å²) in [5, 5.41) is 20.3. The molecule has 0 aromatic heterocycles. The maximum Gasteiger partial charge on any atom is 0.342 e. The minimum atomic E-state index is -1.32. The van der Waals surface area contributed by atoms with E-state index in [1.54, 1.807) is 6.07 Å². The predicted octanol–water partition coefficient (Wildman–Crippen LogP) is 5.28. The Labute approximate surface area is 158 Å². The van der Waals surface area contributed by atoms with Gasteiger partial charge in [0.05, 0.1) is 10.2 Å². The molecule has 0 unspecified atom stereocenters. The number of carboxylic acids is 1. The number of fused-ring (bicyclic) bond motifs is 2. The number of carbonyl (C=O) groups is 1. The third-order valence-electron chi connectivity index (χ3n) is 4.27. The first-order chi connectivity index (χ1) is 13.0. The van der Waals surface area contributed by atoms with Crippen LogP contribution in [0.2, 0.25) is 0 Å². The lowest BCUT2D eigenvalue weighted by Gasteiger charge is -2.27. The number of aromatic carboxylic acids is 1. The van der Waals surface area contributed by atoms with Crippen molar-refractivity contribution in [2.75, 3.05) is 0 Å². The fourth-order valence-electron chi connectivity index (χ4n) is 3.05. The number of hydrogen-bond acceptors (Lipinski definition) is 5. The molecule has 27 heavy (non-hydrogen) atoms. The highest BCUT2D eigenvalue weighted by atomic mass is 32.2. The van der Waals surface area contributed by atoms with E-state index < -0.39 is 16.6 Å². The second kappa shape index (κ2) is 6.77. The molecule has 0 amide bonds. The molecule has 1 heterocycles. The van der Waals surface area contributed by atoms with Gasteiger partial charge in [-0.1, -0.05) is 36.4 Å². The molecular formula is C20H13NO5S. The van der Waals surface area contributed by atoms with Gasteiger partial charge in [-0.25, -0.2) is 4.79 Å². The van der Waals surface area contributed by atoms with Crippen molar-refractivity contribution < 1.29 is 19.6 Å². The molecule has 3 aromatic carbocycles. The Morgan fingerprint density at radius 2 is 1.59 bits per heavy atom. The predicted molar refractivity (Wildman–Crippen MR) is 101 cm³/mol. The third kappa shape index (κ3) is 3.13. The van der Waals surface area contributed by atoms with Crippen LogP contribution in [0.3, 0.4) is 0 Å². The number of thioether (sulfide) groups is 1. The molecule has 134 valence electrons. The Kier molecular flexibility index (Phi) is 4.29. The van der Waals surface area contributed by atoms with Crippen molar-refractivity contribution in [2.24, 2.45) is 0 Å². The molecule has 0 spiro atoms. The summed E-state index contributed by atoms with van der Waals surface area (Å²) in [4.78, 5) is 22.5. The number of hydrogen-bond donors (Lipinski definition) is 1. The third-order valence-corrected chi connectivity index (χ3v) is 5.54. The normalized spacial score (nSPS) is 12.6. The highest BCUT2D eigenvalue weighted by Crippen LogP contribution is 2.51. The Morgan fingerprint density at radius 3 is 2.15 bits per heavy atom. The fourth-order valence-corrected chi connectivity index (χ4v) is 4.30. The van der Waals surface area contributed by atoms with E-state index >= 15 is 0 Å². The number of nitro groups is 1. The molecule has 4 rings (SSSR count). The van der Waals surface area contributed by atoms with Crippen LogP contribution in [0.4, 0.5) is 5.69 Å². The lowest BCUT2D eigenvalue weighted by molar-refractivity contribution is -0.385. The monoisotopic (exact) mass is 379 g/mol. The SMILES string of the molecule is O=C(O)c1cc(SC2c3ccccc3Oc3ccccc32)ccc1[N+](=O)[O-]. The average molecular weight is 379 g/mol. The van der Waals surface area contributed by atoms with Gasteiger partial charge in [0.15, 0.2) is 0 Å². The molecule has 1 N–H and O–H groups in total. The van der Waals surface area contributed by atoms with Gasteiger partial charge in [0.25, 0.3) is 5.69 Å². The van der Waals surface area contributed by atoms with Crippen LogP contribution in [0, 0.1) is 10.1 Å². The Hall–Kier alpha value is -3.32. The molecule has 0 saturated carbocycles. The quantitative estimate of drug-likeness (QED) is 0.490. The van der Waals surface area contributed by atoms with Crippen LogP contribution < -0.4 is 4.74 Å². The maximum atomic E-state index is 11.4. The van der Waals surface area contributed by atoms with Crippen LogP contribution in [0.25, 0.3) is 0 Å². The standard InChI is InChI=1S/C20H13NO5S/c22-20(23)15-11-12(9-10-16(15)21(24)25)27-19-13-5-1-3-7-17(13)26-18-8-4-2-6-14(18)19/h1-11,19H,(H,22,23). The van der Waals surface area contributed by atoms with Crippen LogP contribution in [0.5, 0.6) is 11.5 Å². The highest BCUT2D eigenvalue weighted by molar-refractivity contribution is 7.99. The first-order valence-electron chi connectivity index (χ1n) is 8.08. The van der Waals surface area contributed by atoms with Crippen molar-refractivity contribution in [3.05, 3.63) is 93.5 Å². The van der Waals surface area contributed by atoms with Gasteiger partial charge in [-0.3, -0.25) is 10.1 Å². The second-order valence-electron chi connectivity index (χ2n) is 5.92. The number of rotatable bonds is 4. The zero-order chi connectivity index (χ0) is 19.0. The van der Waals surface area contributed by atoms with Gasteiger partial charge in [-0.2, -0.15) is 0 Å². The van der Waals surface area contributed by atoms with E-state index in [1.165, 1.54) is 23.9 Å². The van der Waals surface area contributed by atoms with Crippen LogP contribution in [0.15, 0.2) is 71.6 Å². The van der Waals surface area contributed by atoms with E-state index in [-0.39, 0.29) is 10.8 Å². The second-order valence-corrected chi connectivity index (χ2v) is 7.10. The Bertz CT molecular complexity index is 1020. The molecule has 6 nitrogen and oxygen atoms in total. The van der Waals surface area contributed by atoms with Crippen molar-refractivity contribution in [1.82, 2.24) is 0 Å². The number of nitrogens with zero attached hydrogens (tertiary/aromatic N) is 1. The number of nitro benzene ring substituents is 1. The van der Waals surface area contributed by atoms with Crippen molar-refractivity contribution in [2.45, 2.75) is 10.1 Å².